The number of amides is 1. The average Bonchev–Trinajstić information content (AvgIpc) is 3.50. The van der Waals surface area contributed by atoms with Crippen molar-refractivity contribution in [2.24, 2.45) is 5.10 Å². The SMILES string of the molecule is Cc1sc2ncn(CC(=O)N3N=C(c4ccc(Cl)cc4)CC3c3ccco3)c(=O)c2c1C. The van der Waals surface area contributed by atoms with Crippen molar-refractivity contribution in [3.63, 3.8) is 0 Å². The number of carbonyl (C=O) groups excluding carboxylic acids is 1. The molecule has 1 aliphatic rings. The molecule has 0 aliphatic carbocycles. The first-order valence-electron chi connectivity index (χ1n) is 10.1. The zero-order chi connectivity index (χ0) is 22.4. The summed E-state index contributed by atoms with van der Waals surface area (Å²) in [6.07, 6.45) is 3.50. The third kappa shape index (κ3) is 3.55. The molecule has 0 spiro atoms. The minimum absolute atomic E-state index is 0.162. The molecular formula is C23H19ClN4O3S. The van der Waals surface area contributed by atoms with Crippen LogP contribution in [0.2, 0.25) is 5.02 Å². The number of hydrogen-bond acceptors (Lipinski definition) is 6. The number of aryl methyl sites for hydroxylation is 2. The molecule has 0 saturated carbocycles. The quantitative estimate of drug-likeness (QED) is 0.436. The number of benzene rings is 1. The summed E-state index contributed by atoms with van der Waals surface area (Å²) in [5.41, 5.74) is 2.32. The van der Waals surface area contributed by atoms with Gasteiger partial charge in [0.2, 0.25) is 0 Å². The van der Waals surface area contributed by atoms with Crippen LogP contribution in [-0.4, -0.2) is 26.2 Å². The van der Waals surface area contributed by atoms with Crippen molar-refractivity contribution < 1.29 is 9.21 Å². The van der Waals surface area contributed by atoms with E-state index in [1.807, 2.05) is 32.0 Å². The van der Waals surface area contributed by atoms with Crippen molar-refractivity contribution >= 4 is 44.8 Å². The molecule has 3 aromatic heterocycles. The number of carbonyl (C=O) groups is 1. The lowest BCUT2D eigenvalue weighted by Crippen LogP contribution is -2.34. The van der Waals surface area contributed by atoms with Gasteiger partial charge < -0.3 is 4.42 Å². The second-order valence-electron chi connectivity index (χ2n) is 7.67. The van der Waals surface area contributed by atoms with Crippen molar-refractivity contribution in [2.75, 3.05) is 0 Å². The first kappa shape index (κ1) is 20.7. The van der Waals surface area contributed by atoms with E-state index < -0.39 is 0 Å². The van der Waals surface area contributed by atoms with Gasteiger partial charge in [0, 0.05) is 16.3 Å². The molecule has 0 bridgehead atoms. The number of thiophene rings is 1. The van der Waals surface area contributed by atoms with E-state index in [0.29, 0.717) is 27.4 Å². The van der Waals surface area contributed by atoms with Crippen LogP contribution in [0.1, 0.15) is 34.2 Å². The topological polar surface area (TPSA) is 80.7 Å². The van der Waals surface area contributed by atoms with E-state index in [1.165, 1.54) is 27.2 Å². The summed E-state index contributed by atoms with van der Waals surface area (Å²) >= 11 is 7.49. The highest BCUT2D eigenvalue weighted by Gasteiger charge is 2.35. The molecule has 9 heteroatoms. The van der Waals surface area contributed by atoms with Crippen LogP contribution in [-0.2, 0) is 11.3 Å². The number of aromatic nitrogens is 2. The van der Waals surface area contributed by atoms with Crippen molar-refractivity contribution in [3.05, 3.63) is 86.1 Å². The number of halogens is 1. The summed E-state index contributed by atoms with van der Waals surface area (Å²) in [5.74, 6) is 0.319. The Balaban J connectivity index is 1.49. The summed E-state index contributed by atoms with van der Waals surface area (Å²) < 4.78 is 6.93. The van der Waals surface area contributed by atoms with Crippen LogP contribution < -0.4 is 5.56 Å². The Bertz CT molecular complexity index is 1400. The van der Waals surface area contributed by atoms with Crippen LogP contribution in [0, 0.1) is 13.8 Å². The summed E-state index contributed by atoms with van der Waals surface area (Å²) in [5, 5.41) is 7.20. The number of rotatable bonds is 4. The molecular weight excluding hydrogens is 448 g/mol. The maximum atomic E-state index is 13.3. The Hall–Kier alpha value is -3.23. The van der Waals surface area contributed by atoms with E-state index in [4.69, 9.17) is 16.0 Å². The highest BCUT2D eigenvalue weighted by molar-refractivity contribution is 7.18. The van der Waals surface area contributed by atoms with Crippen molar-refractivity contribution in [1.29, 1.82) is 0 Å². The molecule has 162 valence electrons. The van der Waals surface area contributed by atoms with Crippen LogP contribution in [0.25, 0.3) is 10.2 Å². The lowest BCUT2D eigenvalue weighted by molar-refractivity contribution is -0.134. The highest BCUT2D eigenvalue weighted by atomic mass is 35.5. The van der Waals surface area contributed by atoms with E-state index >= 15 is 0 Å². The summed E-state index contributed by atoms with van der Waals surface area (Å²) in [7, 11) is 0. The molecule has 0 radical (unpaired) electrons. The molecule has 1 unspecified atom stereocenters. The Labute approximate surface area is 192 Å². The second-order valence-corrected chi connectivity index (χ2v) is 9.31. The van der Waals surface area contributed by atoms with Gasteiger partial charge in [0.05, 0.1) is 23.7 Å². The molecule has 1 aliphatic heterocycles. The Morgan fingerprint density at radius 3 is 2.75 bits per heavy atom. The van der Waals surface area contributed by atoms with E-state index in [9.17, 15) is 9.59 Å². The summed E-state index contributed by atoms with van der Waals surface area (Å²) in [6.45, 7) is 3.70. The van der Waals surface area contributed by atoms with Crippen LogP contribution in [0.4, 0.5) is 0 Å². The van der Waals surface area contributed by atoms with E-state index in [0.717, 1.165) is 21.7 Å². The lowest BCUT2D eigenvalue weighted by Gasteiger charge is -2.20. The summed E-state index contributed by atoms with van der Waals surface area (Å²) in [6, 6.07) is 10.5. The monoisotopic (exact) mass is 466 g/mol. The molecule has 1 atom stereocenters. The molecule has 32 heavy (non-hydrogen) atoms. The fourth-order valence-corrected chi connectivity index (χ4v) is 4.97. The third-order valence-electron chi connectivity index (χ3n) is 5.68. The Morgan fingerprint density at radius 1 is 1.25 bits per heavy atom. The van der Waals surface area contributed by atoms with E-state index in [-0.39, 0.29) is 24.1 Å². The second kappa shape index (κ2) is 8.03. The van der Waals surface area contributed by atoms with Gasteiger partial charge >= 0.3 is 0 Å². The number of furan rings is 1. The minimum atomic E-state index is -0.388. The Morgan fingerprint density at radius 2 is 2.03 bits per heavy atom. The van der Waals surface area contributed by atoms with Crippen molar-refractivity contribution in [2.45, 2.75) is 32.9 Å². The first-order valence-corrected chi connectivity index (χ1v) is 11.3. The molecule has 0 N–H and O–H groups in total. The highest BCUT2D eigenvalue weighted by Crippen LogP contribution is 2.33. The predicted molar refractivity (Wildman–Crippen MR) is 124 cm³/mol. The minimum Gasteiger partial charge on any atom is -0.467 e. The van der Waals surface area contributed by atoms with E-state index in [1.54, 1.807) is 24.5 Å². The first-order chi connectivity index (χ1) is 15.4. The van der Waals surface area contributed by atoms with Gasteiger partial charge in [-0.25, -0.2) is 9.99 Å². The molecule has 1 aromatic carbocycles. The Kier molecular flexibility index (Phi) is 5.19. The molecule has 4 heterocycles. The molecule has 4 aromatic rings. The van der Waals surface area contributed by atoms with Gasteiger partial charge in [0.1, 0.15) is 23.2 Å². The maximum absolute atomic E-state index is 13.3. The predicted octanol–water partition coefficient (Wildman–Crippen LogP) is 4.70. The molecule has 7 nitrogen and oxygen atoms in total. The zero-order valence-corrected chi connectivity index (χ0v) is 19.0. The fourth-order valence-electron chi connectivity index (χ4n) is 3.86. The molecule has 0 saturated heterocycles. The maximum Gasteiger partial charge on any atom is 0.263 e. The largest absolute Gasteiger partial charge is 0.467 e. The average molecular weight is 467 g/mol. The van der Waals surface area contributed by atoms with Gasteiger partial charge in [-0.15, -0.1) is 11.3 Å². The van der Waals surface area contributed by atoms with E-state index in [2.05, 4.69) is 10.1 Å². The fraction of sp³-hybridized carbons (Fsp3) is 0.217. The number of hydrazone groups is 1. The van der Waals surface area contributed by atoms with Gasteiger partial charge in [0.25, 0.3) is 11.5 Å². The van der Waals surface area contributed by atoms with Crippen molar-refractivity contribution in [1.82, 2.24) is 14.6 Å². The standard InChI is InChI=1S/C23H19ClN4O3S/c1-13-14(2)32-22-21(13)23(30)27(12-25-22)11-20(29)28-18(19-4-3-9-31-19)10-17(26-28)15-5-7-16(24)8-6-15/h3-9,12,18H,10-11H2,1-2H3. The third-order valence-corrected chi connectivity index (χ3v) is 7.04. The van der Waals surface area contributed by atoms with Crippen LogP contribution >= 0.6 is 22.9 Å². The molecule has 1 amide bonds. The van der Waals surface area contributed by atoms with Gasteiger partial charge in [0.15, 0.2) is 0 Å². The number of nitrogens with zero attached hydrogens (tertiary/aromatic N) is 4. The van der Waals surface area contributed by atoms with Crippen LogP contribution in [0.5, 0.6) is 0 Å². The van der Waals surface area contributed by atoms with Crippen LogP contribution in [0.3, 0.4) is 0 Å². The van der Waals surface area contributed by atoms with Gasteiger partial charge in [-0.05, 0) is 49.2 Å². The normalized spacial score (nSPS) is 16.0. The summed E-state index contributed by atoms with van der Waals surface area (Å²) in [4.78, 5) is 32.5. The smallest absolute Gasteiger partial charge is 0.263 e. The van der Waals surface area contributed by atoms with Crippen molar-refractivity contribution in [3.8, 4) is 0 Å². The van der Waals surface area contributed by atoms with Gasteiger partial charge in [-0.3, -0.25) is 14.2 Å². The number of hydrogen-bond donors (Lipinski definition) is 0. The van der Waals surface area contributed by atoms with Crippen LogP contribution in [0.15, 0.2) is 63.3 Å². The lowest BCUT2D eigenvalue weighted by atomic mass is 10.0. The zero-order valence-electron chi connectivity index (χ0n) is 17.4. The van der Waals surface area contributed by atoms with Gasteiger partial charge in [-0.2, -0.15) is 5.10 Å². The molecule has 5 rings (SSSR count). The number of fused-ring (bicyclic) bond motifs is 1. The molecule has 0 fully saturated rings. The van der Waals surface area contributed by atoms with Gasteiger partial charge in [-0.1, -0.05) is 23.7 Å².